The zero-order valence-corrected chi connectivity index (χ0v) is 13.9. The molecule has 3 rings (SSSR count). The molecule has 2 amide bonds. The highest BCUT2D eigenvalue weighted by atomic mass is 16.5. The third-order valence-corrected chi connectivity index (χ3v) is 4.73. The molecule has 2 heterocycles. The van der Waals surface area contributed by atoms with E-state index < -0.39 is 0 Å². The van der Waals surface area contributed by atoms with E-state index in [1.807, 2.05) is 4.90 Å². The Bertz CT molecular complexity index is 641. The van der Waals surface area contributed by atoms with Crippen molar-refractivity contribution < 1.29 is 19.4 Å². The molecule has 1 fully saturated rings. The summed E-state index contributed by atoms with van der Waals surface area (Å²) in [4.78, 5) is 30.6. The van der Waals surface area contributed by atoms with Gasteiger partial charge in [0.1, 0.15) is 0 Å². The Kier molecular flexibility index (Phi) is 4.99. The largest absolute Gasteiger partial charge is 0.481 e. The van der Waals surface area contributed by atoms with Crippen LogP contribution in [0.15, 0.2) is 6.07 Å². The van der Waals surface area contributed by atoms with Crippen molar-refractivity contribution in [3.8, 4) is 5.88 Å². The number of methoxy groups -OCH3 is 1. The molecule has 1 aliphatic heterocycles. The number of carbonyl (C=O) groups is 2. The summed E-state index contributed by atoms with van der Waals surface area (Å²) in [5.41, 5.74) is 2.02. The van der Waals surface area contributed by atoms with Gasteiger partial charge in [0.2, 0.25) is 11.8 Å². The summed E-state index contributed by atoms with van der Waals surface area (Å²) in [6, 6.07) is 2.09. The Labute approximate surface area is 141 Å². The summed E-state index contributed by atoms with van der Waals surface area (Å²) in [6.07, 6.45) is 4.50. The smallest absolute Gasteiger partial charge is 0.256 e. The lowest BCUT2D eigenvalue weighted by Crippen LogP contribution is -2.33. The number of rotatable bonds is 6. The lowest BCUT2D eigenvalue weighted by Gasteiger charge is -2.22. The lowest BCUT2D eigenvalue weighted by atomic mass is 10.1. The van der Waals surface area contributed by atoms with Gasteiger partial charge in [-0.05, 0) is 18.9 Å². The Balaban J connectivity index is 1.79. The standard InChI is InChI=1S/C17H23N3O4/c1-24-16-11(9-18-15(22)6-7-21)8-13-14(19-16)10-20(17(13)23)12-4-2-3-5-12/h8,12,21H,2-7,9-10H2,1H3,(H,18,22). The van der Waals surface area contributed by atoms with Crippen molar-refractivity contribution in [3.63, 3.8) is 0 Å². The predicted octanol–water partition coefficient (Wildman–Crippen LogP) is 0.987. The van der Waals surface area contributed by atoms with Crippen molar-refractivity contribution in [2.24, 2.45) is 0 Å². The number of nitrogens with one attached hydrogen (secondary N) is 1. The maximum Gasteiger partial charge on any atom is 0.256 e. The monoisotopic (exact) mass is 333 g/mol. The maximum absolute atomic E-state index is 12.7. The van der Waals surface area contributed by atoms with Crippen LogP contribution in [-0.4, -0.2) is 46.6 Å². The van der Waals surface area contributed by atoms with Crippen LogP contribution >= 0.6 is 0 Å². The van der Waals surface area contributed by atoms with E-state index in [0.29, 0.717) is 29.6 Å². The molecule has 1 aliphatic carbocycles. The maximum atomic E-state index is 12.7. The Morgan fingerprint density at radius 2 is 2.21 bits per heavy atom. The molecule has 24 heavy (non-hydrogen) atoms. The van der Waals surface area contributed by atoms with Crippen LogP contribution < -0.4 is 10.1 Å². The summed E-state index contributed by atoms with van der Waals surface area (Å²) in [6.45, 7) is 0.561. The van der Waals surface area contributed by atoms with Crippen LogP contribution in [0.25, 0.3) is 0 Å². The van der Waals surface area contributed by atoms with Crippen LogP contribution in [0.5, 0.6) is 5.88 Å². The Morgan fingerprint density at radius 3 is 2.88 bits per heavy atom. The van der Waals surface area contributed by atoms with Crippen molar-refractivity contribution in [1.29, 1.82) is 0 Å². The Morgan fingerprint density at radius 1 is 1.46 bits per heavy atom. The van der Waals surface area contributed by atoms with E-state index in [1.54, 1.807) is 6.07 Å². The second-order valence-electron chi connectivity index (χ2n) is 6.27. The first-order chi connectivity index (χ1) is 11.6. The molecule has 0 atom stereocenters. The van der Waals surface area contributed by atoms with E-state index in [0.717, 1.165) is 18.5 Å². The van der Waals surface area contributed by atoms with E-state index in [4.69, 9.17) is 9.84 Å². The normalized spacial score (nSPS) is 17.2. The van der Waals surface area contributed by atoms with Crippen molar-refractivity contribution in [2.75, 3.05) is 13.7 Å². The van der Waals surface area contributed by atoms with Crippen LogP contribution in [0, 0.1) is 0 Å². The van der Waals surface area contributed by atoms with Crippen molar-refractivity contribution in [2.45, 2.75) is 51.2 Å². The molecule has 7 heteroatoms. The first-order valence-corrected chi connectivity index (χ1v) is 8.39. The number of nitrogens with zero attached hydrogens (tertiary/aromatic N) is 2. The molecule has 1 aromatic heterocycles. The third-order valence-electron chi connectivity index (χ3n) is 4.73. The quantitative estimate of drug-likeness (QED) is 0.810. The molecule has 7 nitrogen and oxygen atoms in total. The average Bonchev–Trinajstić information content (AvgIpc) is 3.20. The van der Waals surface area contributed by atoms with Gasteiger partial charge >= 0.3 is 0 Å². The Hall–Kier alpha value is -2.15. The molecule has 1 saturated carbocycles. The molecular formula is C17H23N3O4. The summed E-state index contributed by atoms with van der Waals surface area (Å²) in [7, 11) is 1.53. The van der Waals surface area contributed by atoms with Gasteiger partial charge in [0.05, 0.1) is 31.5 Å². The number of amides is 2. The second-order valence-corrected chi connectivity index (χ2v) is 6.27. The number of ether oxygens (including phenoxy) is 1. The first kappa shape index (κ1) is 16.7. The van der Waals surface area contributed by atoms with Gasteiger partial charge in [-0.25, -0.2) is 4.98 Å². The minimum Gasteiger partial charge on any atom is -0.481 e. The fourth-order valence-corrected chi connectivity index (χ4v) is 3.47. The van der Waals surface area contributed by atoms with Gasteiger partial charge in [0.15, 0.2) is 0 Å². The number of hydrogen-bond donors (Lipinski definition) is 2. The van der Waals surface area contributed by atoms with E-state index in [-0.39, 0.29) is 31.4 Å². The SMILES string of the molecule is COc1nc2c(cc1CNC(=O)CCO)C(=O)N(C1CCCC1)C2. The predicted molar refractivity (Wildman–Crippen MR) is 86.5 cm³/mol. The topological polar surface area (TPSA) is 91.8 Å². The first-order valence-electron chi connectivity index (χ1n) is 8.39. The highest BCUT2D eigenvalue weighted by Crippen LogP contribution is 2.33. The highest BCUT2D eigenvalue weighted by Gasteiger charge is 2.35. The van der Waals surface area contributed by atoms with E-state index in [9.17, 15) is 9.59 Å². The number of pyridine rings is 1. The fourth-order valence-electron chi connectivity index (χ4n) is 3.47. The highest BCUT2D eigenvalue weighted by molar-refractivity contribution is 5.98. The second kappa shape index (κ2) is 7.17. The van der Waals surface area contributed by atoms with E-state index >= 15 is 0 Å². The van der Waals surface area contributed by atoms with Gasteiger partial charge in [-0.1, -0.05) is 12.8 Å². The van der Waals surface area contributed by atoms with Crippen LogP contribution in [0.2, 0.25) is 0 Å². The van der Waals surface area contributed by atoms with Crippen molar-refractivity contribution in [1.82, 2.24) is 15.2 Å². The molecule has 0 aromatic carbocycles. The number of hydrogen-bond acceptors (Lipinski definition) is 5. The number of carbonyl (C=O) groups excluding carboxylic acids is 2. The molecule has 130 valence electrons. The minimum absolute atomic E-state index is 0.0231. The molecule has 0 spiro atoms. The number of aliphatic hydroxyl groups excluding tert-OH is 1. The third kappa shape index (κ3) is 3.21. The number of aromatic nitrogens is 1. The molecule has 0 saturated heterocycles. The lowest BCUT2D eigenvalue weighted by molar-refractivity contribution is -0.121. The summed E-state index contributed by atoms with van der Waals surface area (Å²) < 4.78 is 5.32. The molecule has 1 aromatic rings. The summed E-state index contributed by atoms with van der Waals surface area (Å²) in [5.74, 6) is 0.202. The minimum atomic E-state index is -0.251. The van der Waals surface area contributed by atoms with Gasteiger partial charge in [-0.2, -0.15) is 0 Å². The van der Waals surface area contributed by atoms with E-state index in [1.165, 1.54) is 20.0 Å². The molecule has 0 unspecified atom stereocenters. The molecule has 0 bridgehead atoms. The van der Waals surface area contributed by atoms with Crippen LogP contribution in [-0.2, 0) is 17.9 Å². The molecular weight excluding hydrogens is 310 g/mol. The number of aliphatic hydroxyl groups is 1. The average molecular weight is 333 g/mol. The van der Waals surface area contributed by atoms with Crippen molar-refractivity contribution >= 4 is 11.8 Å². The molecule has 2 aliphatic rings. The van der Waals surface area contributed by atoms with Crippen LogP contribution in [0.3, 0.4) is 0 Å². The van der Waals surface area contributed by atoms with Gasteiger partial charge in [-0.15, -0.1) is 0 Å². The molecule has 0 radical (unpaired) electrons. The number of fused-ring (bicyclic) bond motifs is 1. The van der Waals surface area contributed by atoms with Crippen LogP contribution in [0.1, 0.15) is 53.7 Å². The van der Waals surface area contributed by atoms with Gasteiger partial charge in [0, 0.05) is 24.6 Å². The van der Waals surface area contributed by atoms with Crippen LogP contribution in [0.4, 0.5) is 0 Å². The van der Waals surface area contributed by atoms with Gasteiger partial charge < -0.3 is 20.1 Å². The van der Waals surface area contributed by atoms with Gasteiger partial charge in [-0.3, -0.25) is 9.59 Å². The zero-order valence-electron chi connectivity index (χ0n) is 13.9. The van der Waals surface area contributed by atoms with Crippen molar-refractivity contribution in [3.05, 3.63) is 22.9 Å². The van der Waals surface area contributed by atoms with Gasteiger partial charge in [0.25, 0.3) is 5.91 Å². The summed E-state index contributed by atoms with van der Waals surface area (Å²) in [5, 5.41) is 11.5. The zero-order chi connectivity index (χ0) is 17.1. The van der Waals surface area contributed by atoms with E-state index in [2.05, 4.69) is 10.3 Å². The summed E-state index contributed by atoms with van der Waals surface area (Å²) >= 11 is 0. The molecule has 2 N–H and O–H groups in total. The fraction of sp³-hybridized carbons (Fsp3) is 0.588.